The van der Waals surface area contributed by atoms with Crippen LogP contribution in [0.5, 0.6) is 0 Å². The Hall–Kier alpha value is -2.38. The number of sulfonamides is 1. The van der Waals surface area contributed by atoms with Crippen LogP contribution in [0.15, 0.2) is 47.4 Å². The van der Waals surface area contributed by atoms with E-state index < -0.39 is 16.1 Å². The highest BCUT2D eigenvalue weighted by molar-refractivity contribution is 7.89. The fraction of sp³-hybridized carbons (Fsp3) is 0.278. The van der Waals surface area contributed by atoms with Gasteiger partial charge in [-0.3, -0.25) is 4.79 Å². The maximum Gasteiger partial charge on any atom is 0.246 e. The van der Waals surface area contributed by atoms with Gasteiger partial charge in [0.1, 0.15) is 6.04 Å². The van der Waals surface area contributed by atoms with Gasteiger partial charge in [0.05, 0.1) is 4.90 Å². The van der Waals surface area contributed by atoms with E-state index in [1.165, 1.54) is 41.8 Å². The van der Waals surface area contributed by atoms with Gasteiger partial charge < -0.3 is 10.6 Å². The molecule has 0 radical (unpaired) electrons. The molecule has 0 bridgehead atoms. The van der Waals surface area contributed by atoms with Gasteiger partial charge in [0.2, 0.25) is 15.9 Å². The second-order valence-corrected chi connectivity index (χ2v) is 7.82. The monoisotopic (exact) mass is 359 g/mol. The van der Waals surface area contributed by atoms with E-state index in [4.69, 9.17) is 5.14 Å². The minimum Gasteiger partial charge on any atom is -0.374 e. The van der Waals surface area contributed by atoms with E-state index in [1.54, 1.807) is 6.92 Å². The zero-order chi connectivity index (χ0) is 18.0. The van der Waals surface area contributed by atoms with Crippen LogP contribution in [0.4, 0.5) is 11.4 Å². The number of amides is 1. The van der Waals surface area contributed by atoms with E-state index in [0.29, 0.717) is 5.69 Å². The number of primary sulfonamides is 1. The number of hydrogen-bond donors (Lipinski definition) is 3. The van der Waals surface area contributed by atoms with Crippen molar-refractivity contribution in [3.05, 3.63) is 53.6 Å². The summed E-state index contributed by atoms with van der Waals surface area (Å²) >= 11 is 0. The number of anilines is 2. The van der Waals surface area contributed by atoms with Gasteiger partial charge in [0.25, 0.3) is 0 Å². The minimum absolute atomic E-state index is 0.00909. The molecule has 0 aromatic heterocycles. The second-order valence-electron chi connectivity index (χ2n) is 6.26. The lowest BCUT2D eigenvalue weighted by molar-refractivity contribution is -0.116. The summed E-state index contributed by atoms with van der Waals surface area (Å²) in [5, 5.41) is 11.0. The lowest BCUT2D eigenvalue weighted by Gasteiger charge is -2.16. The summed E-state index contributed by atoms with van der Waals surface area (Å²) < 4.78 is 22.5. The Labute approximate surface area is 147 Å². The number of nitrogens with one attached hydrogen (secondary N) is 2. The third kappa shape index (κ3) is 4.18. The molecule has 0 saturated carbocycles. The smallest absolute Gasteiger partial charge is 0.246 e. The van der Waals surface area contributed by atoms with E-state index in [-0.39, 0.29) is 10.8 Å². The number of carbonyl (C=O) groups is 1. The van der Waals surface area contributed by atoms with Gasteiger partial charge in [-0.25, -0.2) is 13.6 Å². The van der Waals surface area contributed by atoms with E-state index in [2.05, 4.69) is 22.8 Å². The number of hydrogen-bond acceptors (Lipinski definition) is 4. The summed E-state index contributed by atoms with van der Waals surface area (Å²) in [6.07, 6.45) is 3.39. The van der Waals surface area contributed by atoms with Gasteiger partial charge in [-0.1, -0.05) is 6.07 Å². The average Bonchev–Trinajstić information content (AvgIpc) is 3.02. The van der Waals surface area contributed by atoms with Crippen molar-refractivity contribution in [3.8, 4) is 0 Å². The molecule has 7 heteroatoms. The molecule has 25 heavy (non-hydrogen) atoms. The predicted molar refractivity (Wildman–Crippen MR) is 98.0 cm³/mol. The van der Waals surface area contributed by atoms with Crippen LogP contribution < -0.4 is 15.8 Å². The first-order valence-corrected chi connectivity index (χ1v) is 9.69. The van der Waals surface area contributed by atoms with Crippen LogP contribution in [0.2, 0.25) is 0 Å². The van der Waals surface area contributed by atoms with Gasteiger partial charge in [0, 0.05) is 11.4 Å². The number of benzene rings is 2. The Bertz CT molecular complexity index is 892. The zero-order valence-electron chi connectivity index (χ0n) is 14.0. The highest BCUT2D eigenvalue weighted by Gasteiger charge is 2.16. The number of fused-ring (bicyclic) bond motifs is 1. The molecule has 1 aliphatic carbocycles. The lowest BCUT2D eigenvalue weighted by atomic mass is 10.1. The standard InChI is InChI=1S/C18H21N3O3S/c1-12(20-16-6-5-13-3-2-4-14(13)11-16)18(22)21-15-7-9-17(10-8-15)25(19,23)24/h5-12,20H,2-4H2,1H3,(H,21,22)(H2,19,23,24). The van der Waals surface area contributed by atoms with Gasteiger partial charge >= 0.3 is 0 Å². The molecule has 1 aliphatic rings. The van der Waals surface area contributed by atoms with E-state index >= 15 is 0 Å². The highest BCUT2D eigenvalue weighted by Crippen LogP contribution is 2.25. The molecule has 2 aromatic carbocycles. The Morgan fingerprint density at radius 1 is 1.04 bits per heavy atom. The van der Waals surface area contributed by atoms with Crippen LogP contribution in [-0.2, 0) is 27.7 Å². The van der Waals surface area contributed by atoms with Crippen molar-refractivity contribution in [2.45, 2.75) is 37.1 Å². The Balaban J connectivity index is 1.62. The molecule has 0 heterocycles. The number of carbonyl (C=O) groups excluding carboxylic acids is 1. The van der Waals surface area contributed by atoms with Crippen molar-refractivity contribution in [1.82, 2.24) is 0 Å². The molecule has 0 saturated heterocycles. The Morgan fingerprint density at radius 2 is 1.68 bits per heavy atom. The van der Waals surface area contributed by atoms with Gasteiger partial charge in [0.15, 0.2) is 0 Å². The van der Waals surface area contributed by atoms with Crippen LogP contribution in [0.3, 0.4) is 0 Å². The van der Waals surface area contributed by atoms with Crippen LogP contribution in [0.25, 0.3) is 0 Å². The topological polar surface area (TPSA) is 101 Å². The van der Waals surface area contributed by atoms with Crippen molar-refractivity contribution >= 4 is 27.3 Å². The first-order chi connectivity index (χ1) is 11.8. The van der Waals surface area contributed by atoms with Crippen LogP contribution in [0.1, 0.15) is 24.5 Å². The molecule has 0 spiro atoms. The Kier molecular flexibility index (Phi) is 4.78. The fourth-order valence-corrected chi connectivity index (χ4v) is 3.47. The molecule has 0 aliphatic heterocycles. The van der Waals surface area contributed by atoms with Crippen molar-refractivity contribution < 1.29 is 13.2 Å². The van der Waals surface area contributed by atoms with Crippen molar-refractivity contribution in [1.29, 1.82) is 0 Å². The SMILES string of the molecule is CC(Nc1ccc2c(c1)CCC2)C(=O)Nc1ccc(S(N)(=O)=O)cc1. The molecular weight excluding hydrogens is 338 g/mol. The van der Waals surface area contributed by atoms with Gasteiger partial charge in [-0.15, -0.1) is 0 Å². The zero-order valence-corrected chi connectivity index (χ0v) is 14.8. The quantitative estimate of drug-likeness (QED) is 0.762. The number of nitrogens with two attached hydrogens (primary N) is 1. The molecule has 0 fully saturated rings. The fourth-order valence-electron chi connectivity index (χ4n) is 2.96. The molecule has 3 rings (SSSR count). The molecular formula is C18H21N3O3S. The average molecular weight is 359 g/mol. The molecule has 132 valence electrons. The van der Waals surface area contributed by atoms with E-state index in [0.717, 1.165) is 18.5 Å². The van der Waals surface area contributed by atoms with Crippen molar-refractivity contribution in [2.75, 3.05) is 10.6 Å². The summed E-state index contributed by atoms with van der Waals surface area (Å²) in [6, 6.07) is 11.5. The normalized spacial score (nSPS) is 14.6. The maximum atomic E-state index is 12.3. The molecule has 1 atom stereocenters. The van der Waals surface area contributed by atoms with Crippen molar-refractivity contribution in [3.63, 3.8) is 0 Å². The summed E-state index contributed by atoms with van der Waals surface area (Å²) in [5.74, 6) is -0.205. The first-order valence-electron chi connectivity index (χ1n) is 8.15. The highest BCUT2D eigenvalue weighted by atomic mass is 32.2. The van der Waals surface area contributed by atoms with Crippen LogP contribution in [0, 0.1) is 0 Å². The summed E-state index contributed by atoms with van der Waals surface area (Å²) in [7, 11) is -3.74. The summed E-state index contributed by atoms with van der Waals surface area (Å²) in [4.78, 5) is 12.3. The summed E-state index contributed by atoms with van der Waals surface area (Å²) in [6.45, 7) is 1.78. The van der Waals surface area contributed by atoms with Crippen molar-refractivity contribution in [2.24, 2.45) is 5.14 Å². The molecule has 2 aromatic rings. The number of aryl methyl sites for hydroxylation is 2. The molecule has 1 unspecified atom stereocenters. The number of rotatable bonds is 5. The Morgan fingerprint density at radius 3 is 2.36 bits per heavy atom. The third-order valence-corrected chi connectivity index (χ3v) is 5.25. The molecule has 6 nitrogen and oxygen atoms in total. The second kappa shape index (κ2) is 6.85. The van der Waals surface area contributed by atoms with E-state index in [9.17, 15) is 13.2 Å². The third-order valence-electron chi connectivity index (χ3n) is 4.33. The molecule has 4 N–H and O–H groups in total. The predicted octanol–water partition coefficient (Wildman–Crippen LogP) is 2.26. The van der Waals surface area contributed by atoms with Gasteiger partial charge in [-0.2, -0.15) is 0 Å². The summed E-state index contributed by atoms with van der Waals surface area (Å²) in [5.41, 5.74) is 4.17. The van der Waals surface area contributed by atoms with Gasteiger partial charge in [-0.05, 0) is 73.7 Å². The minimum atomic E-state index is -3.74. The lowest BCUT2D eigenvalue weighted by Crippen LogP contribution is -2.31. The van der Waals surface area contributed by atoms with E-state index in [1.807, 2.05) is 6.07 Å². The van der Waals surface area contributed by atoms with Crippen LogP contribution in [-0.4, -0.2) is 20.4 Å². The first kappa shape index (κ1) is 17.4. The molecule has 1 amide bonds. The van der Waals surface area contributed by atoms with Crippen LogP contribution >= 0.6 is 0 Å². The maximum absolute atomic E-state index is 12.3. The largest absolute Gasteiger partial charge is 0.374 e.